The number of hydrogen-bond donors (Lipinski definition) is 1. The second-order valence-electron chi connectivity index (χ2n) is 11.2. The van der Waals surface area contributed by atoms with E-state index in [1.54, 1.807) is 6.92 Å². The van der Waals surface area contributed by atoms with Crippen LogP contribution < -0.4 is 5.32 Å². The first-order valence-electron chi connectivity index (χ1n) is 16.1. The van der Waals surface area contributed by atoms with E-state index >= 15 is 0 Å². The topological polar surface area (TPSA) is 29.1 Å². The molecule has 0 unspecified atom stereocenters. The van der Waals surface area contributed by atoms with Crippen molar-refractivity contribution in [2.75, 3.05) is 6.54 Å². The average molecular weight is 492 g/mol. The van der Waals surface area contributed by atoms with E-state index in [1.165, 1.54) is 167 Å². The predicted molar refractivity (Wildman–Crippen MR) is 158 cm³/mol. The molecule has 0 saturated heterocycles. The van der Waals surface area contributed by atoms with E-state index in [9.17, 15) is 4.79 Å². The Kier molecular flexibility index (Phi) is 28.8. The van der Waals surface area contributed by atoms with Gasteiger partial charge in [0, 0.05) is 12.1 Å². The highest BCUT2D eigenvalue weighted by Crippen LogP contribution is 2.16. The molecule has 0 spiro atoms. The van der Waals surface area contributed by atoms with Crippen LogP contribution in [0.4, 0.5) is 0 Å². The quantitative estimate of drug-likeness (QED) is 0.0817. The maximum absolute atomic E-state index is 11.4. The minimum atomic E-state index is -0.000174. The third-order valence-electron chi connectivity index (χ3n) is 7.45. The Morgan fingerprint density at radius 1 is 0.457 bits per heavy atom. The van der Waals surface area contributed by atoms with Crippen molar-refractivity contribution in [1.29, 1.82) is 0 Å². The van der Waals surface area contributed by atoms with Crippen LogP contribution in [0.15, 0.2) is 12.2 Å². The summed E-state index contributed by atoms with van der Waals surface area (Å²) in [4.78, 5) is 11.4. The van der Waals surface area contributed by atoms with E-state index in [2.05, 4.69) is 18.8 Å². The van der Waals surface area contributed by atoms with Crippen molar-refractivity contribution in [1.82, 2.24) is 5.32 Å². The van der Waals surface area contributed by atoms with E-state index in [1.807, 2.05) is 0 Å². The third-order valence-corrected chi connectivity index (χ3v) is 7.45. The molecule has 0 aromatic heterocycles. The molecule has 0 saturated carbocycles. The normalized spacial score (nSPS) is 11.1. The van der Waals surface area contributed by atoms with Gasteiger partial charge in [0.25, 0.3) is 0 Å². The first kappa shape index (κ1) is 34.2. The number of carbonyl (C=O) groups is 1. The van der Waals surface area contributed by atoms with Gasteiger partial charge in [0.1, 0.15) is 0 Å². The summed E-state index contributed by atoms with van der Waals surface area (Å²) < 4.78 is 0. The van der Waals surface area contributed by atoms with Crippen LogP contribution >= 0.6 is 0 Å². The SMILES string of the molecule is C=C(C)C(=O)NCCCCCCCCCCCCCCCCCCCCCCCCCCCCC. The second-order valence-corrected chi connectivity index (χ2v) is 11.2. The van der Waals surface area contributed by atoms with Gasteiger partial charge in [-0.1, -0.05) is 180 Å². The van der Waals surface area contributed by atoms with Crippen molar-refractivity contribution >= 4 is 5.91 Å². The first-order valence-corrected chi connectivity index (χ1v) is 16.1. The molecule has 208 valence electrons. The molecular formula is C33H65NO. The Morgan fingerprint density at radius 2 is 0.686 bits per heavy atom. The van der Waals surface area contributed by atoms with Gasteiger partial charge >= 0.3 is 0 Å². The van der Waals surface area contributed by atoms with Gasteiger partial charge in [-0.3, -0.25) is 4.79 Å². The van der Waals surface area contributed by atoms with Crippen molar-refractivity contribution in [2.24, 2.45) is 0 Å². The Labute approximate surface area is 221 Å². The molecule has 2 heteroatoms. The van der Waals surface area contributed by atoms with Crippen LogP contribution in [0.5, 0.6) is 0 Å². The Hall–Kier alpha value is -0.790. The van der Waals surface area contributed by atoms with E-state index in [0.717, 1.165) is 13.0 Å². The van der Waals surface area contributed by atoms with E-state index in [-0.39, 0.29) is 5.91 Å². The van der Waals surface area contributed by atoms with Crippen LogP contribution in [0.3, 0.4) is 0 Å². The van der Waals surface area contributed by atoms with Gasteiger partial charge in [-0.05, 0) is 13.3 Å². The highest BCUT2D eigenvalue weighted by molar-refractivity contribution is 5.91. The smallest absolute Gasteiger partial charge is 0.246 e. The molecule has 0 heterocycles. The van der Waals surface area contributed by atoms with Crippen LogP contribution in [-0.4, -0.2) is 12.5 Å². The largest absolute Gasteiger partial charge is 0.352 e. The zero-order valence-electron chi connectivity index (χ0n) is 24.4. The molecule has 0 atom stereocenters. The number of unbranched alkanes of at least 4 members (excludes halogenated alkanes) is 26. The lowest BCUT2D eigenvalue weighted by molar-refractivity contribution is -0.117. The van der Waals surface area contributed by atoms with Crippen molar-refractivity contribution in [3.8, 4) is 0 Å². The minimum Gasteiger partial charge on any atom is -0.352 e. The van der Waals surface area contributed by atoms with Gasteiger partial charge in [-0.25, -0.2) is 0 Å². The lowest BCUT2D eigenvalue weighted by Crippen LogP contribution is -2.24. The molecule has 1 N–H and O–H groups in total. The second kappa shape index (κ2) is 29.4. The fraction of sp³-hybridized carbons (Fsp3) is 0.909. The summed E-state index contributed by atoms with van der Waals surface area (Å²) in [5.74, 6) is -0.000174. The highest BCUT2D eigenvalue weighted by Gasteiger charge is 2.00. The van der Waals surface area contributed by atoms with Crippen molar-refractivity contribution in [3.05, 3.63) is 12.2 Å². The van der Waals surface area contributed by atoms with E-state index in [0.29, 0.717) is 5.57 Å². The highest BCUT2D eigenvalue weighted by atomic mass is 16.1. The summed E-state index contributed by atoms with van der Waals surface area (Å²) in [5.41, 5.74) is 0.607. The summed E-state index contributed by atoms with van der Waals surface area (Å²) >= 11 is 0. The molecule has 0 aliphatic rings. The van der Waals surface area contributed by atoms with Crippen LogP contribution in [-0.2, 0) is 4.79 Å². The zero-order chi connectivity index (χ0) is 25.7. The van der Waals surface area contributed by atoms with Crippen LogP contribution in [0.2, 0.25) is 0 Å². The summed E-state index contributed by atoms with van der Waals surface area (Å²) in [7, 11) is 0. The summed E-state index contributed by atoms with van der Waals surface area (Å²) in [5, 5.41) is 2.91. The molecule has 35 heavy (non-hydrogen) atoms. The van der Waals surface area contributed by atoms with Gasteiger partial charge in [-0.15, -0.1) is 0 Å². The van der Waals surface area contributed by atoms with Gasteiger partial charge in [0.15, 0.2) is 0 Å². The molecule has 0 aromatic carbocycles. The monoisotopic (exact) mass is 492 g/mol. The number of hydrogen-bond acceptors (Lipinski definition) is 1. The Bertz CT molecular complexity index is 444. The average Bonchev–Trinajstić information content (AvgIpc) is 2.85. The standard InChI is InChI=1S/C33H65NO/c1-4-5-6-7-8-9-10-11-12-13-14-15-16-17-18-19-20-21-22-23-24-25-26-27-28-29-30-31-34-33(35)32(2)3/h2,4-31H2,1,3H3,(H,34,35). The molecule has 1 amide bonds. The molecule has 0 aliphatic heterocycles. The summed E-state index contributed by atoms with van der Waals surface area (Å²) in [6.45, 7) is 8.52. The van der Waals surface area contributed by atoms with Crippen LogP contribution in [0.1, 0.15) is 187 Å². The molecule has 0 fully saturated rings. The predicted octanol–water partition coefficient (Wildman–Crippen LogP) is 11.2. The van der Waals surface area contributed by atoms with Crippen molar-refractivity contribution in [2.45, 2.75) is 187 Å². The van der Waals surface area contributed by atoms with E-state index in [4.69, 9.17) is 0 Å². The Balaban J connectivity index is 3.05. The summed E-state index contributed by atoms with van der Waals surface area (Å²) in [6.07, 6.45) is 38.4. The lowest BCUT2D eigenvalue weighted by atomic mass is 10.0. The molecule has 0 bridgehead atoms. The maximum Gasteiger partial charge on any atom is 0.246 e. The first-order chi connectivity index (χ1) is 17.2. The molecule has 0 radical (unpaired) electrons. The van der Waals surface area contributed by atoms with Gasteiger partial charge in [-0.2, -0.15) is 0 Å². The lowest BCUT2D eigenvalue weighted by Gasteiger charge is -2.05. The number of rotatable bonds is 29. The van der Waals surface area contributed by atoms with Crippen molar-refractivity contribution in [3.63, 3.8) is 0 Å². The van der Waals surface area contributed by atoms with Gasteiger partial charge in [0.2, 0.25) is 5.91 Å². The third kappa shape index (κ3) is 29.3. The fourth-order valence-corrected chi connectivity index (χ4v) is 4.97. The molecular weight excluding hydrogens is 426 g/mol. The maximum atomic E-state index is 11.4. The van der Waals surface area contributed by atoms with Crippen molar-refractivity contribution < 1.29 is 4.79 Å². The molecule has 2 nitrogen and oxygen atoms in total. The number of amides is 1. The number of nitrogens with one attached hydrogen (secondary N) is 1. The molecule has 0 aliphatic carbocycles. The molecule has 0 rings (SSSR count). The zero-order valence-corrected chi connectivity index (χ0v) is 24.4. The molecule has 0 aromatic rings. The summed E-state index contributed by atoms with van der Waals surface area (Å²) in [6, 6.07) is 0. The Morgan fingerprint density at radius 3 is 0.914 bits per heavy atom. The van der Waals surface area contributed by atoms with E-state index < -0.39 is 0 Å². The number of carbonyl (C=O) groups excluding carboxylic acids is 1. The van der Waals surface area contributed by atoms with Crippen LogP contribution in [0.25, 0.3) is 0 Å². The minimum absolute atomic E-state index is 0.000174. The van der Waals surface area contributed by atoms with Crippen LogP contribution in [0, 0.1) is 0 Å². The van der Waals surface area contributed by atoms with Gasteiger partial charge in [0.05, 0.1) is 0 Å². The van der Waals surface area contributed by atoms with Gasteiger partial charge < -0.3 is 5.32 Å². The fourth-order valence-electron chi connectivity index (χ4n) is 4.97.